The first-order valence-corrected chi connectivity index (χ1v) is 10.3. The Morgan fingerprint density at radius 3 is 2.64 bits per heavy atom. The third-order valence-electron chi connectivity index (χ3n) is 5.24. The summed E-state index contributed by atoms with van der Waals surface area (Å²) in [7, 11) is 0. The molecule has 3 aliphatic heterocycles. The van der Waals surface area contributed by atoms with Crippen molar-refractivity contribution in [2.45, 2.75) is 38.3 Å². The van der Waals surface area contributed by atoms with Crippen LogP contribution >= 0.6 is 0 Å². The SMILES string of the molecule is [2H]C([2H])(Oc1cccc2c1C([2H])([2H])N(C1C(=O)NC(=O)C([2H])([2H])C1([2H])[2H])C2=O)c1ccc(C([2H])([2H])N2CCOCC2)cc1. The van der Waals surface area contributed by atoms with E-state index < -0.39 is 67.4 Å². The van der Waals surface area contributed by atoms with E-state index in [1.807, 2.05) is 0 Å². The first-order valence-electron chi connectivity index (χ1n) is 15.3. The van der Waals surface area contributed by atoms with Crippen LogP contribution in [0.3, 0.4) is 0 Å². The van der Waals surface area contributed by atoms with Crippen LogP contribution in [0.4, 0.5) is 0 Å². The van der Waals surface area contributed by atoms with Crippen LogP contribution in [0.5, 0.6) is 5.75 Å². The van der Waals surface area contributed by atoms with Gasteiger partial charge in [0.1, 0.15) is 18.4 Å². The standard InChI is InChI=1S/C25H27N3O5/c29-23-9-8-21(24(30)26-23)28-15-20-19(25(28)31)2-1-3-22(20)33-16-18-6-4-17(5-7-18)14-27-10-12-32-13-11-27/h1-7,21H,8-16H2,(H,26,29,30)/i8D2,9D2,14D2,15D2,16D2. The number of carbonyl (C=O) groups is 3. The van der Waals surface area contributed by atoms with Gasteiger partial charge < -0.3 is 14.4 Å². The zero-order chi connectivity index (χ0) is 31.8. The second-order valence-corrected chi connectivity index (χ2v) is 7.45. The predicted molar refractivity (Wildman–Crippen MR) is 119 cm³/mol. The van der Waals surface area contributed by atoms with Gasteiger partial charge in [-0.05, 0) is 29.6 Å². The minimum Gasteiger partial charge on any atom is -0.489 e. The van der Waals surface area contributed by atoms with Gasteiger partial charge in [0.15, 0.2) is 0 Å². The van der Waals surface area contributed by atoms with Gasteiger partial charge in [0.2, 0.25) is 11.8 Å². The number of imide groups is 1. The molecule has 0 saturated carbocycles. The van der Waals surface area contributed by atoms with Gasteiger partial charge in [-0.3, -0.25) is 24.6 Å². The summed E-state index contributed by atoms with van der Waals surface area (Å²) >= 11 is 0. The summed E-state index contributed by atoms with van der Waals surface area (Å²) in [5.41, 5.74) is -0.660. The van der Waals surface area contributed by atoms with Crippen molar-refractivity contribution in [2.75, 3.05) is 26.3 Å². The monoisotopic (exact) mass is 459 g/mol. The molecule has 1 atom stereocenters. The summed E-state index contributed by atoms with van der Waals surface area (Å²) in [6.45, 7) is -5.97. The van der Waals surface area contributed by atoms with Crippen molar-refractivity contribution in [3.05, 3.63) is 64.7 Å². The Kier molecular flexibility index (Phi) is 3.64. The van der Waals surface area contributed by atoms with E-state index in [4.69, 9.17) is 23.2 Å². The number of nitrogens with one attached hydrogen (secondary N) is 1. The first kappa shape index (κ1) is 12.9. The zero-order valence-corrected chi connectivity index (χ0v) is 17.4. The number of rotatable bonds is 6. The van der Waals surface area contributed by atoms with Crippen LogP contribution in [-0.4, -0.2) is 59.9 Å². The zero-order valence-electron chi connectivity index (χ0n) is 27.4. The van der Waals surface area contributed by atoms with Crippen molar-refractivity contribution in [3.63, 3.8) is 0 Å². The van der Waals surface area contributed by atoms with Crippen LogP contribution in [0.25, 0.3) is 0 Å². The summed E-state index contributed by atoms with van der Waals surface area (Å²) in [5.74, 6) is -4.60. The second kappa shape index (κ2) is 9.33. The normalized spacial score (nSPS) is 31.1. The van der Waals surface area contributed by atoms with Gasteiger partial charge in [0.25, 0.3) is 5.91 Å². The lowest BCUT2D eigenvalue weighted by Gasteiger charge is -2.29. The van der Waals surface area contributed by atoms with Gasteiger partial charge in [-0.25, -0.2) is 0 Å². The third-order valence-corrected chi connectivity index (χ3v) is 5.24. The lowest BCUT2D eigenvalue weighted by atomic mass is 10.0. The fraction of sp³-hybridized carbons (Fsp3) is 0.400. The number of ether oxygens (including phenoxy) is 2. The van der Waals surface area contributed by atoms with Crippen LogP contribution < -0.4 is 10.1 Å². The van der Waals surface area contributed by atoms with Gasteiger partial charge in [-0.2, -0.15) is 0 Å². The molecule has 1 unspecified atom stereocenters. The Balaban J connectivity index is 1.46. The Morgan fingerprint density at radius 2 is 1.85 bits per heavy atom. The maximum absolute atomic E-state index is 13.4. The molecule has 8 heteroatoms. The Morgan fingerprint density at radius 1 is 1.09 bits per heavy atom. The van der Waals surface area contributed by atoms with Crippen molar-refractivity contribution in [1.82, 2.24) is 15.1 Å². The predicted octanol–water partition coefficient (Wildman–Crippen LogP) is 1.86. The number of nitrogens with zero attached hydrogens (tertiary/aromatic N) is 2. The largest absolute Gasteiger partial charge is 0.489 e. The molecule has 3 amide bonds. The van der Waals surface area contributed by atoms with Gasteiger partial charge >= 0.3 is 0 Å². The minimum absolute atomic E-state index is 0.0527. The van der Waals surface area contributed by atoms with E-state index in [9.17, 15) is 14.4 Å². The van der Waals surface area contributed by atoms with E-state index >= 15 is 0 Å². The Hall–Kier alpha value is -3.23. The average molecular weight is 460 g/mol. The number of amides is 3. The molecule has 2 aromatic rings. The molecule has 0 bridgehead atoms. The van der Waals surface area contributed by atoms with Crippen molar-refractivity contribution < 1.29 is 37.6 Å². The van der Waals surface area contributed by atoms with E-state index in [2.05, 4.69) is 0 Å². The molecule has 33 heavy (non-hydrogen) atoms. The van der Waals surface area contributed by atoms with Crippen LogP contribution in [0.15, 0.2) is 42.5 Å². The summed E-state index contributed by atoms with van der Waals surface area (Å²) in [6.07, 6.45) is -6.63. The lowest BCUT2D eigenvalue weighted by molar-refractivity contribution is -0.136. The van der Waals surface area contributed by atoms with Gasteiger partial charge in [0.05, 0.1) is 25.2 Å². The smallest absolute Gasteiger partial charge is 0.255 e. The number of hydrogen-bond acceptors (Lipinski definition) is 6. The highest BCUT2D eigenvalue weighted by atomic mass is 16.5. The molecule has 8 nitrogen and oxygen atoms in total. The number of fused-ring (bicyclic) bond motifs is 1. The van der Waals surface area contributed by atoms with Crippen molar-refractivity contribution >= 4 is 17.7 Å². The Bertz CT molecular complexity index is 1480. The molecule has 2 fully saturated rings. The first-order chi connectivity index (χ1) is 19.8. The minimum atomic E-state index is -3.33. The number of hydrogen-bond donors (Lipinski definition) is 1. The van der Waals surface area contributed by atoms with Crippen LogP contribution in [0, 0.1) is 0 Å². The molecule has 0 aliphatic carbocycles. The molecule has 5 rings (SSSR count). The van der Waals surface area contributed by atoms with E-state index in [0.717, 1.165) is 0 Å². The lowest BCUT2D eigenvalue weighted by Crippen LogP contribution is -2.52. The third kappa shape index (κ3) is 4.62. The van der Waals surface area contributed by atoms with Gasteiger partial charge in [-0.15, -0.1) is 0 Å². The number of piperidine rings is 1. The fourth-order valence-electron chi connectivity index (χ4n) is 3.57. The van der Waals surface area contributed by atoms with E-state index in [1.165, 1.54) is 42.5 Å². The van der Waals surface area contributed by atoms with Crippen molar-refractivity contribution in [2.24, 2.45) is 0 Å². The van der Waals surface area contributed by atoms with Crippen LogP contribution in [0.1, 0.15) is 53.5 Å². The highest BCUT2D eigenvalue weighted by molar-refractivity contribution is 6.05. The quantitative estimate of drug-likeness (QED) is 0.664. The van der Waals surface area contributed by atoms with Crippen LogP contribution in [-0.2, 0) is 33.9 Å². The molecule has 3 heterocycles. The Labute approximate surface area is 206 Å². The van der Waals surface area contributed by atoms with Gasteiger partial charge in [-0.1, -0.05) is 30.3 Å². The van der Waals surface area contributed by atoms with E-state index in [-0.39, 0.29) is 21.6 Å². The molecule has 2 saturated heterocycles. The molecule has 0 radical (unpaired) electrons. The van der Waals surface area contributed by atoms with Gasteiger partial charge in [0, 0.05) is 45.3 Å². The summed E-state index contributed by atoms with van der Waals surface area (Å²) in [6, 6.07) is 6.71. The summed E-state index contributed by atoms with van der Waals surface area (Å²) in [5, 5.41) is 1.67. The van der Waals surface area contributed by atoms with Crippen molar-refractivity contribution in [1.29, 1.82) is 0 Å². The highest BCUT2D eigenvalue weighted by Gasteiger charge is 2.40. The topological polar surface area (TPSA) is 88.2 Å². The molecule has 0 aromatic heterocycles. The highest BCUT2D eigenvalue weighted by Crippen LogP contribution is 2.34. The van der Waals surface area contributed by atoms with E-state index in [1.54, 1.807) is 10.2 Å². The van der Waals surface area contributed by atoms with E-state index in [0.29, 0.717) is 26.3 Å². The second-order valence-electron chi connectivity index (χ2n) is 7.45. The molecule has 172 valence electrons. The summed E-state index contributed by atoms with van der Waals surface area (Å²) in [4.78, 5) is 40.0. The summed E-state index contributed by atoms with van der Waals surface area (Å²) < 4.78 is 94.9. The molecule has 3 aliphatic rings. The molecule has 2 aromatic carbocycles. The molecule has 0 spiro atoms. The molecular formula is C25H27N3O5. The maximum atomic E-state index is 13.4. The fourth-order valence-corrected chi connectivity index (χ4v) is 3.57. The van der Waals surface area contributed by atoms with Crippen molar-refractivity contribution in [3.8, 4) is 5.75 Å². The molecular weight excluding hydrogens is 422 g/mol. The number of carbonyl (C=O) groups excluding carboxylic acids is 3. The number of morpholine rings is 1. The maximum Gasteiger partial charge on any atom is 0.255 e. The van der Waals surface area contributed by atoms with Crippen LogP contribution in [0.2, 0.25) is 0 Å². The molecule has 1 N–H and O–H groups in total. The average Bonchev–Trinajstić information content (AvgIpc) is 3.14. The number of benzene rings is 2.